The Morgan fingerprint density at radius 3 is 2.92 bits per heavy atom. The standard InChI is InChI=1S/C14H9BrN4O5/c15-12-5-4-11(23-12)14-18-17-13(24-14)8-22-16-7-9-2-1-3-10(6-9)19(20)21/h1-7H,8H2/b16-7+. The highest BCUT2D eigenvalue weighted by Gasteiger charge is 2.12. The zero-order chi connectivity index (χ0) is 16.9. The third-order valence-corrected chi connectivity index (χ3v) is 3.22. The van der Waals surface area contributed by atoms with E-state index in [0.717, 1.165) is 0 Å². The Labute approximate surface area is 143 Å². The monoisotopic (exact) mass is 392 g/mol. The largest absolute Gasteiger partial charge is 0.444 e. The first-order valence-electron chi connectivity index (χ1n) is 6.60. The summed E-state index contributed by atoms with van der Waals surface area (Å²) < 4.78 is 11.2. The zero-order valence-corrected chi connectivity index (χ0v) is 13.5. The third kappa shape index (κ3) is 3.84. The summed E-state index contributed by atoms with van der Waals surface area (Å²) in [6.45, 7) is -0.0414. The van der Waals surface area contributed by atoms with Crippen molar-refractivity contribution in [3.8, 4) is 11.7 Å². The van der Waals surface area contributed by atoms with E-state index in [4.69, 9.17) is 13.7 Å². The lowest BCUT2D eigenvalue weighted by atomic mass is 10.2. The average molecular weight is 393 g/mol. The molecule has 2 aromatic heterocycles. The van der Waals surface area contributed by atoms with Crippen LogP contribution in [0.5, 0.6) is 0 Å². The summed E-state index contributed by atoms with van der Waals surface area (Å²) >= 11 is 3.18. The number of hydrogen-bond acceptors (Lipinski definition) is 8. The summed E-state index contributed by atoms with van der Waals surface area (Å²) in [5, 5.41) is 22.0. The van der Waals surface area contributed by atoms with Crippen LogP contribution in [0.15, 0.2) is 55.1 Å². The van der Waals surface area contributed by atoms with Crippen LogP contribution in [-0.2, 0) is 11.4 Å². The predicted molar refractivity (Wildman–Crippen MR) is 85.2 cm³/mol. The molecule has 0 saturated heterocycles. The number of nitrogens with zero attached hydrogens (tertiary/aromatic N) is 4. The summed E-state index contributed by atoms with van der Waals surface area (Å²) in [7, 11) is 0. The molecule has 0 N–H and O–H groups in total. The van der Waals surface area contributed by atoms with Crippen LogP contribution >= 0.6 is 15.9 Å². The Hall–Kier alpha value is -3.01. The van der Waals surface area contributed by atoms with Gasteiger partial charge in [0.15, 0.2) is 17.0 Å². The molecule has 1 aromatic carbocycles. The number of hydrogen-bond donors (Lipinski definition) is 0. The van der Waals surface area contributed by atoms with Crippen LogP contribution in [0.4, 0.5) is 5.69 Å². The molecule has 0 atom stereocenters. The van der Waals surface area contributed by atoms with Crippen molar-refractivity contribution in [2.24, 2.45) is 5.16 Å². The van der Waals surface area contributed by atoms with Crippen LogP contribution in [-0.4, -0.2) is 21.3 Å². The molecule has 2 heterocycles. The van der Waals surface area contributed by atoms with Gasteiger partial charge in [0.2, 0.25) is 0 Å². The van der Waals surface area contributed by atoms with Gasteiger partial charge in [0.05, 0.1) is 11.1 Å². The Kier molecular flexibility index (Phi) is 4.66. The van der Waals surface area contributed by atoms with E-state index in [1.165, 1.54) is 18.3 Å². The normalized spacial score (nSPS) is 11.0. The van der Waals surface area contributed by atoms with Crippen molar-refractivity contribution < 1.29 is 18.6 Å². The van der Waals surface area contributed by atoms with Gasteiger partial charge in [0, 0.05) is 17.7 Å². The number of halogens is 1. The fourth-order valence-corrected chi connectivity index (χ4v) is 2.06. The number of nitro groups is 1. The predicted octanol–water partition coefficient (Wildman–Crippen LogP) is 3.55. The molecule has 3 aromatic rings. The highest BCUT2D eigenvalue weighted by Crippen LogP contribution is 2.23. The molecule has 0 aliphatic heterocycles. The molecular weight excluding hydrogens is 384 g/mol. The van der Waals surface area contributed by atoms with Crippen molar-refractivity contribution >= 4 is 27.8 Å². The van der Waals surface area contributed by atoms with E-state index in [0.29, 0.717) is 16.0 Å². The van der Waals surface area contributed by atoms with Gasteiger partial charge >= 0.3 is 0 Å². The van der Waals surface area contributed by atoms with Crippen molar-refractivity contribution in [3.05, 3.63) is 62.6 Å². The summed E-state index contributed by atoms with van der Waals surface area (Å²) in [6, 6.07) is 9.39. The maximum absolute atomic E-state index is 10.7. The number of rotatable bonds is 6. The fourth-order valence-electron chi connectivity index (χ4n) is 1.75. The molecule has 24 heavy (non-hydrogen) atoms. The van der Waals surface area contributed by atoms with E-state index >= 15 is 0 Å². The van der Waals surface area contributed by atoms with Crippen LogP contribution in [0.3, 0.4) is 0 Å². The van der Waals surface area contributed by atoms with Crippen molar-refractivity contribution in [1.29, 1.82) is 0 Å². The van der Waals surface area contributed by atoms with E-state index in [9.17, 15) is 10.1 Å². The molecule has 0 aliphatic rings. The highest BCUT2D eigenvalue weighted by molar-refractivity contribution is 9.10. The van der Waals surface area contributed by atoms with Gasteiger partial charge in [-0.15, -0.1) is 10.2 Å². The molecule has 0 radical (unpaired) electrons. The lowest BCUT2D eigenvalue weighted by molar-refractivity contribution is -0.384. The molecule has 10 heteroatoms. The van der Waals surface area contributed by atoms with Gasteiger partial charge in [-0.1, -0.05) is 17.3 Å². The number of nitro benzene ring substituents is 1. The molecule has 0 amide bonds. The van der Waals surface area contributed by atoms with E-state index < -0.39 is 4.92 Å². The van der Waals surface area contributed by atoms with E-state index in [-0.39, 0.29) is 24.1 Å². The SMILES string of the molecule is O=[N+]([O-])c1cccc(/C=N/OCc2nnc(-c3ccc(Br)o3)o2)c1. The first kappa shape index (κ1) is 15.9. The minimum atomic E-state index is -0.481. The number of non-ortho nitro benzene ring substituents is 1. The minimum absolute atomic E-state index is 0.0231. The molecule has 0 aliphatic carbocycles. The molecule has 0 spiro atoms. The zero-order valence-electron chi connectivity index (χ0n) is 12.0. The molecular formula is C14H9BrN4O5. The molecule has 0 bridgehead atoms. The van der Waals surface area contributed by atoms with Crippen LogP contribution in [0.25, 0.3) is 11.7 Å². The van der Waals surface area contributed by atoms with Gasteiger partial charge in [-0.05, 0) is 28.1 Å². The second-order valence-corrected chi connectivity index (χ2v) is 5.25. The van der Waals surface area contributed by atoms with Gasteiger partial charge in [0.25, 0.3) is 17.5 Å². The highest BCUT2D eigenvalue weighted by atomic mass is 79.9. The van der Waals surface area contributed by atoms with E-state index in [1.807, 2.05) is 0 Å². The maximum Gasteiger partial charge on any atom is 0.283 e. The summed E-state index contributed by atoms with van der Waals surface area (Å²) in [6.07, 6.45) is 1.36. The Morgan fingerprint density at radius 2 is 2.17 bits per heavy atom. The molecule has 3 rings (SSSR count). The number of oxime groups is 1. The van der Waals surface area contributed by atoms with E-state index in [1.54, 1.807) is 24.3 Å². The molecule has 9 nitrogen and oxygen atoms in total. The van der Waals surface area contributed by atoms with Crippen molar-refractivity contribution in [3.63, 3.8) is 0 Å². The molecule has 0 saturated carbocycles. The minimum Gasteiger partial charge on any atom is -0.444 e. The molecule has 122 valence electrons. The van der Waals surface area contributed by atoms with Gasteiger partial charge in [0.1, 0.15) is 0 Å². The number of benzene rings is 1. The smallest absolute Gasteiger partial charge is 0.283 e. The summed E-state index contributed by atoms with van der Waals surface area (Å²) in [4.78, 5) is 15.2. The Balaban J connectivity index is 1.58. The second-order valence-electron chi connectivity index (χ2n) is 4.46. The van der Waals surface area contributed by atoms with Gasteiger partial charge in [-0.2, -0.15) is 0 Å². The maximum atomic E-state index is 10.7. The summed E-state index contributed by atoms with van der Waals surface area (Å²) in [5.41, 5.74) is 0.515. The Bertz CT molecular complexity index is 889. The topological polar surface area (TPSA) is 117 Å². The van der Waals surface area contributed by atoms with Crippen molar-refractivity contribution in [2.75, 3.05) is 0 Å². The number of furan rings is 1. The lowest BCUT2D eigenvalue weighted by Gasteiger charge is -1.95. The average Bonchev–Trinajstić information content (AvgIpc) is 3.20. The van der Waals surface area contributed by atoms with Crippen LogP contribution in [0, 0.1) is 10.1 Å². The number of aromatic nitrogens is 2. The second kappa shape index (κ2) is 7.04. The summed E-state index contributed by atoms with van der Waals surface area (Å²) in [5.74, 6) is 0.872. The first-order valence-corrected chi connectivity index (χ1v) is 7.39. The Morgan fingerprint density at radius 1 is 1.29 bits per heavy atom. The van der Waals surface area contributed by atoms with Gasteiger partial charge < -0.3 is 13.7 Å². The molecule has 0 fully saturated rings. The van der Waals surface area contributed by atoms with Crippen LogP contribution < -0.4 is 0 Å². The fraction of sp³-hybridized carbons (Fsp3) is 0.0714. The lowest BCUT2D eigenvalue weighted by Crippen LogP contribution is -1.91. The van der Waals surface area contributed by atoms with Crippen LogP contribution in [0.2, 0.25) is 0 Å². The van der Waals surface area contributed by atoms with Gasteiger partial charge in [-0.25, -0.2) is 0 Å². The van der Waals surface area contributed by atoms with Crippen LogP contribution in [0.1, 0.15) is 11.5 Å². The molecule has 0 unspecified atom stereocenters. The van der Waals surface area contributed by atoms with E-state index in [2.05, 4.69) is 31.3 Å². The quantitative estimate of drug-likeness (QED) is 0.357. The first-order chi connectivity index (χ1) is 11.6. The van der Waals surface area contributed by atoms with Crippen molar-refractivity contribution in [2.45, 2.75) is 6.61 Å². The third-order valence-electron chi connectivity index (χ3n) is 2.80. The van der Waals surface area contributed by atoms with Gasteiger partial charge in [-0.3, -0.25) is 10.1 Å². The van der Waals surface area contributed by atoms with Crippen molar-refractivity contribution in [1.82, 2.24) is 10.2 Å².